The van der Waals surface area contributed by atoms with Gasteiger partial charge in [0.15, 0.2) is 0 Å². The molecule has 38 heavy (non-hydrogen) atoms. The smallest absolute Gasteiger partial charge is 0.392 e. The van der Waals surface area contributed by atoms with Crippen LogP contribution in [-0.2, 0) is 9.53 Å². The van der Waals surface area contributed by atoms with Crippen LogP contribution < -0.4 is 16.4 Å². The van der Waals surface area contributed by atoms with Crippen LogP contribution in [0.4, 0.5) is 18.9 Å². The lowest BCUT2D eigenvalue weighted by molar-refractivity contribution is -0.174. The first-order chi connectivity index (χ1) is 18.0. The third-order valence-electron chi connectivity index (χ3n) is 8.33. The maximum atomic E-state index is 13.6. The number of halogens is 3. The Balaban J connectivity index is 1.54. The molecule has 1 saturated carbocycles. The summed E-state index contributed by atoms with van der Waals surface area (Å²) < 4.78 is 47.2. The Labute approximate surface area is 223 Å². The summed E-state index contributed by atoms with van der Waals surface area (Å²) in [5.74, 6) is -2.11. The summed E-state index contributed by atoms with van der Waals surface area (Å²) in [7, 11) is 2.12. The number of anilines is 1. The molecule has 6 nitrogen and oxygen atoms in total. The number of nitrogens with one attached hydrogen (secondary N) is 2. The van der Waals surface area contributed by atoms with Gasteiger partial charge in [0, 0.05) is 42.5 Å². The summed E-state index contributed by atoms with van der Waals surface area (Å²) in [6, 6.07) is 5.51. The molecular weight excluding hydrogens is 493 g/mol. The van der Waals surface area contributed by atoms with E-state index in [1.54, 1.807) is 37.3 Å². The number of amides is 1. The van der Waals surface area contributed by atoms with Crippen molar-refractivity contribution in [1.29, 1.82) is 0 Å². The molecule has 0 aromatic heterocycles. The number of allylic oxidation sites excluding steroid dienone is 1. The van der Waals surface area contributed by atoms with Crippen molar-refractivity contribution < 1.29 is 22.7 Å². The van der Waals surface area contributed by atoms with Gasteiger partial charge in [-0.15, -0.1) is 0 Å². The fourth-order valence-electron chi connectivity index (χ4n) is 5.41. The van der Waals surface area contributed by atoms with E-state index in [0.29, 0.717) is 30.0 Å². The number of hydrogen-bond donors (Lipinski definition) is 3. The number of rotatable bonds is 9. The molecule has 2 heterocycles. The fraction of sp³-hybridized carbons (Fsp3) is 0.621. The van der Waals surface area contributed by atoms with E-state index in [-0.39, 0.29) is 23.5 Å². The molecule has 210 valence electrons. The molecule has 9 heteroatoms. The molecule has 0 bridgehead atoms. The summed E-state index contributed by atoms with van der Waals surface area (Å²) in [5, 5.41) is 6.42. The van der Waals surface area contributed by atoms with E-state index in [1.807, 2.05) is 6.07 Å². The molecule has 2 saturated heterocycles. The van der Waals surface area contributed by atoms with Crippen LogP contribution in [0.2, 0.25) is 0 Å². The van der Waals surface area contributed by atoms with Gasteiger partial charge in [-0.05, 0) is 68.9 Å². The van der Waals surface area contributed by atoms with Crippen molar-refractivity contribution in [2.45, 2.75) is 69.7 Å². The average molecular weight is 535 g/mol. The molecule has 4 rings (SSSR count). The number of nitrogens with zero attached hydrogens (tertiary/aromatic N) is 1. The number of likely N-dealkylation sites (tertiary alicyclic amines) is 1. The molecule has 4 N–H and O–H groups in total. The Hall–Kier alpha value is -2.52. The highest BCUT2D eigenvalue weighted by molar-refractivity contribution is 5.81. The number of nitrogens with two attached hydrogens (primary N) is 1. The van der Waals surface area contributed by atoms with Crippen molar-refractivity contribution in [2.75, 3.05) is 38.6 Å². The Kier molecular flexibility index (Phi) is 8.77. The second-order valence-corrected chi connectivity index (χ2v) is 11.3. The molecule has 1 aromatic rings. The van der Waals surface area contributed by atoms with Gasteiger partial charge >= 0.3 is 6.18 Å². The number of carbonyl (C=O) groups is 1. The maximum absolute atomic E-state index is 13.6. The summed E-state index contributed by atoms with van der Waals surface area (Å²) in [6.45, 7) is 5.73. The number of piperidine rings is 1. The third kappa shape index (κ3) is 7.11. The highest BCUT2D eigenvalue weighted by Crippen LogP contribution is 2.41. The predicted octanol–water partition coefficient (Wildman–Crippen LogP) is 5.04. The van der Waals surface area contributed by atoms with E-state index in [1.165, 1.54) is 6.92 Å². The molecule has 2 aliphatic heterocycles. The van der Waals surface area contributed by atoms with E-state index in [4.69, 9.17) is 10.5 Å². The third-order valence-corrected chi connectivity index (χ3v) is 8.33. The van der Waals surface area contributed by atoms with Crippen LogP contribution in [0.5, 0.6) is 0 Å². The van der Waals surface area contributed by atoms with Crippen molar-refractivity contribution in [3.63, 3.8) is 0 Å². The number of benzene rings is 1. The first kappa shape index (κ1) is 28.5. The average Bonchev–Trinajstić information content (AvgIpc) is 3.66. The summed E-state index contributed by atoms with van der Waals surface area (Å²) in [6.07, 6.45) is 5.56. The SMILES string of the molecule is CC(c1cccc(NC2COC3(CCN(C)CC3)C2)c1/C=C(N)/C=C/CNC(=O)C1CC1)C(C)C(F)(F)F. The minimum absolute atomic E-state index is 0.0464. The minimum Gasteiger partial charge on any atom is -0.399 e. The summed E-state index contributed by atoms with van der Waals surface area (Å²) in [4.78, 5) is 14.1. The lowest BCUT2D eigenvalue weighted by Gasteiger charge is -2.37. The van der Waals surface area contributed by atoms with Crippen molar-refractivity contribution >= 4 is 17.7 Å². The Morgan fingerprint density at radius 2 is 1.97 bits per heavy atom. The monoisotopic (exact) mass is 534 g/mol. The molecule has 1 aliphatic carbocycles. The number of ether oxygens (including phenoxy) is 1. The van der Waals surface area contributed by atoms with Crippen LogP contribution in [0.15, 0.2) is 36.0 Å². The van der Waals surface area contributed by atoms with Crippen molar-refractivity contribution in [3.05, 3.63) is 47.2 Å². The zero-order chi connectivity index (χ0) is 27.5. The molecule has 3 fully saturated rings. The second kappa shape index (κ2) is 11.7. The molecule has 3 aliphatic rings. The van der Waals surface area contributed by atoms with E-state index >= 15 is 0 Å². The van der Waals surface area contributed by atoms with E-state index in [9.17, 15) is 18.0 Å². The van der Waals surface area contributed by atoms with Crippen LogP contribution in [-0.4, -0.2) is 61.9 Å². The lowest BCUT2D eigenvalue weighted by Crippen LogP contribution is -2.42. The molecular formula is C29H41F3N4O2. The Bertz CT molecular complexity index is 1040. The zero-order valence-corrected chi connectivity index (χ0v) is 22.6. The van der Waals surface area contributed by atoms with Crippen molar-refractivity contribution in [2.24, 2.45) is 17.6 Å². The predicted molar refractivity (Wildman–Crippen MR) is 145 cm³/mol. The van der Waals surface area contributed by atoms with Gasteiger partial charge < -0.3 is 26.0 Å². The fourth-order valence-corrected chi connectivity index (χ4v) is 5.41. The quantitative estimate of drug-likeness (QED) is 0.387. The lowest BCUT2D eigenvalue weighted by atomic mass is 9.84. The Morgan fingerprint density at radius 1 is 1.26 bits per heavy atom. The molecule has 1 amide bonds. The van der Waals surface area contributed by atoms with Crippen LogP contribution >= 0.6 is 0 Å². The molecule has 3 atom stereocenters. The molecule has 3 unspecified atom stereocenters. The van der Waals surface area contributed by atoms with Crippen LogP contribution in [0, 0.1) is 11.8 Å². The summed E-state index contributed by atoms with van der Waals surface area (Å²) >= 11 is 0. The van der Waals surface area contributed by atoms with Gasteiger partial charge in [-0.2, -0.15) is 13.2 Å². The summed E-state index contributed by atoms with van der Waals surface area (Å²) in [5.41, 5.74) is 8.58. The van der Waals surface area contributed by atoms with Gasteiger partial charge in [0.1, 0.15) is 0 Å². The van der Waals surface area contributed by atoms with Crippen LogP contribution in [0.3, 0.4) is 0 Å². The van der Waals surface area contributed by atoms with Crippen molar-refractivity contribution in [1.82, 2.24) is 10.2 Å². The largest absolute Gasteiger partial charge is 0.399 e. The van der Waals surface area contributed by atoms with E-state index in [2.05, 4.69) is 22.6 Å². The minimum atomic E-state index is -4.31. The van der Waals surface area contributed by atoms with Gasteiger partial charge in [0.25, 0.3) is 0 Å². The second-order valence-electron chi connectivity index (χ2n) is 11.3. The number of carbonyl (C=O) groups excluding carboxylic acids is 1. The normalized spacial score (nSPS) is 24.1. The molecule has 1 spiro atoms. The standard InChI is InChI=1S/C29H41F3N4O2/c1-19(20(2)29(30,31)32)24-7-4-8-26(35-23-17-28(38-18-23)11-14-36(3)15-12-28)25(24)16-22(33)6-5-13-34-27(37)21-9-10-21/h4-8,16,19-21,23,35H,9-15,17-18,33H2,1-3H3,(H,34,37)/b6-5+,22-16-. The van der Waals surface area contributed by atoms with Gasteiger partial charge in [0.2, 0.25) is 5.91 Å². The maximum Gasteiger partial charge on any atom is 0.392 e. The van der Waals surface area contributed by atoms with Gasteiger partial charge in [0.05, 0.1) is 24.2 Å². The molecule has 0 radical (unpaired) electrons. The topological polar surface area (TPSA) is 79.6 Å². The zero-order valence-electron chi connectivity index (χ0n) is 22.6. The first-order valence-corrected chi connectivity index (χ1v) is 13.7. The van der Waals surface area contributed by atoms with Gasteiger partial charge in [-0.1, -0.05) is 32.1 Å². The molecule has 1 aromatic carbocycles. The van der Waals surface area contributed by atoms with Crippen molar-refractivity contribution in [3.8, 4) is 0 Å². The van der Waals surface area contributed by atoms with Crippen LogP contribution in [0.1, 0.15) is 63.0 Å². The Morgan fingerprint density at radius 3 is 2.63 bits per heavy atom. The first-order valence-electron chi connectivity index (χ1n) is 13.7. The van der Waals surface area contributed by atoms with Crippen LogP contribution in [0.25, 0.3) is 6.08 Å². The number of hydrogen-bond acceptors (Lipinski definition) is 5. The highest BCUT2D eigenvalue weighted by Gasteiger charge is 2.43. The van der Waals surface area contributed by atoms with Gasteiger partial charge in [-0.3, -0.25) is 4.79 Å². The highest BCUT2D eigenvalue weighted by atomic mass is 19.4. The van der Waals surface area contributed by atoms with E-state index in [0.717, 1.165) is 50.9 Å². The van der Waals surface area contributed by atoms with E-state index < -0.39 is 18.0 Å². The van der Waals surface area contributed by atoms with Gasteiger partial charge in [-0.25, -0.2) is 0 Å². The number of alkyl halides is 3.